The van der Waals surface area contributed by atoms with Gasteiger partial charge in [0.1, 0.15) is 19.3 Å². The summed E-state index contributed by atoms with van der Waals surface area (Å²) in [6.07, 6.45) is 82.9. The minimum absolute atomic E-state index is 0.0690. The molecule has 0 aromatic carbocycles. The average Bonchev–Trinajstić information content (AvgIpc) is 0.939. The van der Waals surface area contributed by atoms with Gasteiger partial charge in [-0.15, -0.1) is 0 Å². The van der Waals surface area contributed by atoms with Crippen molar-refractivity contribution in [2.24, 2.45) is 0 Å². The molecule has 0 aromatic heterocycles. The Bertz CT molecular complexity index is 2460. The summed E-state index contributed by atoms with van der Waals surface area (Å²) in [6.45, 7) is 4.45. The molecule has 0 bridgehead atoms. The number of aliphatic hydroxyl groups is 1. The molecule has 17 nitrogen and oxygen atoms in total. The molecule has 0 amide bonds. The molecule has 0 aliphatic rings. The van der Waals surface area contributed by atoms with Gasteiger partial charge in [0, 0.05) is 25.7 Å². The largest absolute Gasteiger partial charge is 0.472 e. The van der Waals surface area contributed by atoms with Crippen LogP contribution in [0.5, 0.6) is 0 Å². The zero-order chi connectivity index (χ0) is 74.6. The van der Waals surface area contributed by atoms with Crippen molar-refractivity contribution in [1.82, 2.24) is 0 Å². The van der Waals surface area contributed by atoms with Crippen LogP contribution in [0.2, 0.25) is 0 Å². The van der Waals surface area contributed by atoms with E-state index in [1.54, 1.807) is 0 Å². The minimum Gasteiger partial charge on any atom is -0.462 e. The molecule has 0 aliphatic heterocycles. The van der Waals surface area contributed by atoms with Gasteiger partial charge in [-0.25, -0.2) is 9.13 Å². The molecule has 0 heterocycles. The highest BCUT2D eigenvalue weighted by molar-refractivity contribution is 7.47. The SMILES string of the molecule is CC/C=C\C/C=C\C/C=C\C/C=C\CCCCCCCCC(=O)OCC(COP(=O)(O)OCC(O)COP(=O)(O)OCC(COC(=O)CCCCCCCCC/C=C\C/C=C\C/C=C\CC)OC(=O)CCCCCCC/C=C\CCCC)OC(=O)CCCCCCC/C=C\C/C=C\C/C=C\CC. The number of rotatable bonds is 73. The fourth-order valence-electron chi connectivity index (χ4n) is 10.2. The van der Waals surface area contributed by atoms with Crippen molar-refractivity contribution < 1.29 is 80.2 Å². The topological polar surface area (TPSA) is 237 Å². The number of ether oxygens (including phenoxy) is 4. The van der Waals surface area contributed by atoms with Crippen LogP contribution in [-0.4, -0.2) is 96.7 Å². The number of carbonyl (C=O) groups is 4. The second-order valence-corrected chi connectivity index (χ2v) is 28.8. The maximum absolute atomic E-state index is 13.1. The lowest BCUT2D eigenvalue weighted by Crippen LogP contribution is -2.30. The molecular weight excluding hydrogens is 1330 g/mol. The molecule has 5 unspecified atom stereocenters. The Morgan fingerprint density at radius 3 is 0.794 bits per heavy atom. The smallest absolute Gasteiger partial charge is 0.462 e. The van der Waals surface area contributed by atoms with E-state index >= 15 is 0 Å². The Balaban J connectivity index is 5.35. The number of hydrogen-bond donors (Lipinski definition) is 3. The van der Waals surface area contributed by atoms with Crippen molar-refractivity contribution in [1.29, 1.82) is 0 Å². The monoisotopic (exact) mass is 1470 g/mol. The number of allylic oxidation sites excluding steroid dienone is 22. The molecule has 0 aliphatic carbocycles. The maximum atomic E-state index is 13.1. The van der Waals surface area contributed by atoms with E-state index in [0.717, 1.165) is 218 Å². The summed E-state index contributed by atoms with van der Waals surface area (Å²) >= 11 is 0. The van der Waals surface area contributed by atoms with E-state index in [-0.39, 0.29) is 25.7 Å². The van der Waals surface area contributed by atoms with Crippen LogP contribution in [0.15, 0.2) is 134 Å². The highest BCUT2D eigenvalue weighted by Crippen LogP contribution is 2.45. The Labute approximate surface area is 618 Å². The zero-order valence-corrected chi connectivity index (χ0v) is 65.5. The molecule has 0 aromatic rings. The van der Waals surface area contributed by atoms with Crippen molar-refractivity contribution >= 4 is 39.5 Å². The first-order chi connectivity index (χ1) is 49.7. The first kappa shape index (κ1) is 97.2. The van der Waals surface area contributed by atoms with Gasteiger partial charge in [0.05, 0.1) is 26.4 Å². The van der Waals surface area contributed by atoms with Crippen LogP contribution < -0.4 is 0 Å². The number of aliphatic hydroxyl groups excluding tert-OH is 1. The quantitative estimate of drug-likeness (QED) is 0.0169. The molecule has 0 fully saturated rings. The lowest BCUT2D eigenvalue weighted by Gasteiger charge is -2.21. The Morgan fingerprint density at radius 2 is 0.510 bits per heavy atom. The van der Waals surface area contributed by atoms with Gasteiger partial charge in [-0.3, -0.25) is 37.3 Å². The van der Waals surface area contributed by atoms with Crippen LogP contribution in [-0.2, 0) is 65.4 Å². The maximum Gasteiger partial charge on any atom is 0.472 e. The van der Waals surface area contributed by atoms with Crippen molar-refractivity contribution in [3.05, 3.63) is 134 Å². The van der Waals surface area contributed by atoms with Crippen molar-refractivity contribution in [2.45, 2.75) is 329 Å². The summed E-state index contributed by atoms with van der Waals surface area (Å²) in [5.74, 6) is -2.23. The number of phosphoric ester groups is 2. The highest BCUT2D eigenvalue weighted by atomic mass is 31.2. The van der Waals surface area contributed by atoms with E-state index in [2.05, 4.69) is 161 Å². The summed E-state index contributed by atoms with van der Waals surface area (Å²) in [6, 6.07) is 0. The number of phosphoric acid groups is 2. The first-order valence-electron chi connectivity index (χ1n) is 39.4. The minimum atomic E-state index is -4.99. The molecular formula is C83H140O17P2. The standard InChI is InChI=1S/C83H140O17P2/c1-5-9-13-17-21-25-29-32-35-37-38-40-43-45-49-52-56-60-64-68-81(86)94-74-79(100-83(88)70-66-62-58-54-50-46-41-34-31-27-23-19-15-11-7-3)76-98-102(91,92)96-72-77(84)71-95-101(89,90)97-75-78(99-82(87)69-65-61-57-53-47-28-24-20-16-12-8-4)73-93-80(85)67-63-59-55-51-48-44-42-39-36-33-30-26-22-18-14-10-6-2/h9-11,13-15,20-27,32-36,38,40-41,77-79,84H,5-8,12,16-19,28-31,37,39,42-76H2,1-4H3,(H,89,90)(H,91,92)/b13-9-,14-10-,15-11-,24-20-,25-21-,26-22-,27-23-,35-32-,36-33-,40-38-,41-34-. The summed E-state index contributed by atoms with van der Waals surface area (Å²) in [5, 5.41) is 10.6. The third-order valence-electron chi connectivity index (χ3n) is 16.1. The van der Waals surface area contributed by atoms with Gasteiger partial charge >= 0.3 is 39.5 Å². The summed E-state index contributed by atoms with van der Waals surface area (Å²) in [4.78, 5) is 73.0. The van der Waals surface area contributed by atoms with Crippen LogP contribution in [0.1, 0.15) is 310 Å². The Kier molecular flexibility index (Phi) is 71.0. The number of unbranched alkanes of at least 4 members (excludes halogenated alkanes) is 25. The molecule has 3 N–H and O–H groups in total. The molecule has 0 saturated carbocycles. The van der Waals surface area contributed by atoms with Crippen molar-refractivity contribution in [3.63, 3.8) is 0 Å². The van der Waals surface area contributed by atoms with Crippen LogP contribution >= 0.6 is 15.6 Å². The molecule has 0 saturated heterocycles. The van der Waals surface area contributed by atoms with Gasteiger partial charge in [0.25, 0.3) is 0 Å². The van der Waals surface area contributed by atoms with Crippen molar-refractivity contribution in [3.8, 4) is 0 Å². The summed E-state index contributed by atoms with van der Waals surface area (Å²) in [7, 11) is -9.97. The summed E-state index contributed by atoms with van der Waals surface area (Å²) in [5.41, 5.74) is 0. The number of hydrogen-bond acceptors (Lipinski definition) is 15. The van der Waals surface area contributed by atoms with E-state index in [0.29, 0.717) is 25.7 Å². The molecule has 102 heavy (non-hydrogen) atoms. The van der Waals surface area contributed by atoms with E-state index in [1.165, 1.54) is 12.8 Å². The van der Waals surface area contributed by atoms with E-state index < -0.39 is 97.5 Å². The van der Waals surface area contributed by atoms with Crippen LogP contribution in [0, 0.1) is 0 Å². The van der Waals surface area contributed by atoms with Gasteiger partial charge in [-0.2, -0.15) is 0 Å². The number of carbonyl (C=O) groups excluding carboxylic acids is 4. The third kappa shape index (κ3) is 73.5. The molecule has 19 heteroatoms. The molecule has 0 spiro atoms. The molecule has 0 radical (unpaired) electrons. The normalized spacial score (nSPS) is 14.6. The lowest BCUT2D eigenvalue weighted by molar-refractivity contribution is -0.161. The zero-order valence-electron chi connectivity index (χ0n) is 63.7. The first-order valence-corrected chi connectivity index (χ1v) is 42.4. The second-order valence-electron chi connectivity index (χ2n) is 25.9. The number of esters is 4. The van der Waals surface area contributed by atoms with Crippen LogP contribution in [0.4, 0.5) is 0 Å². The van der Waals surface area contributed by atoms with Gasteiger partial charge < -0.3 is 33.8 Å². The van der Waals surface area contributed by atoms with E-state index in [9.17, 15) is 43.2 Å². The lowest BCUT2D eigenvalue weighted by atomic mass is 10.1. The fourth-order valence-corrected chi connectivity index (χ4v) is 11.7. The van der Waals surface area contributed by atoms with Crippen LogP contribution in [0.25, 0.3) is 0 Å². The Morgan fingerprint density at radius 1 is 0.284 bits per heavy atom. The van der Waals surface area contributed by atoms with Gasteiger partial charge in [0.15, 0.2) is 12.2 Å². The highest BCUT2D eigenvalue weighted by Gasteiger charge is 2.30. The Hall–Kier alpha value is -4.80. The predicted octanol–water partition coefficient (Wildman–Crippen LogP) is 22.9. The van der Waals surface area contributed by atoms with E-state index in [1.807, 2.05) is 0 Å². The van der Waals surface area contributed by atoms with Gasteiger partial charge in [-0.05, 0) is 148 Å². The molecule has 584 valence electrons. The van der Waals surface area contributed by atoms with Gasteiger partial charge in [0.2, 0.25) is 0 Å². The fraction of sp³-hybridized carbons (Fsp3) is 0.687. The third-order valence-corrected chi connectivity index (χ3v) is 18.0. The molecule has 0 rings (SSSR count). The van der Waals surface area contributed by atoms with Crippen LogP contribution in [0.3, 0.4) is 0 Å². The van der Waals surface area contributed by atoms with E-state index in [4.69, 9.17) is 37.0 Å². The van der Waals surface area contributed by atoms with Gasteiger partial charge in [-0.1, -0.05) is 271 Å². The van der Waals surface area contributed by atoms with Crippen molar-refractivity contribution in [2.75, 3.05) is 39.6 Å². The predicted molar refractivity (Wildman–Crippen MR) is 418 cm³/mol. The average molecular weight is 1470 g/mol. The second kappa shape index (κ2) is 74.5. The summed E-state index contributed by atoms with van der Waals surface area (Å²) < 4.78 is 68.5. The molecule has 5 atom stereocenters.